The predicted octanol–water partition coefficient (Wildman–Crippen LogP) is 3.19. The molecule has 0 saturated heterocycles. The largest absolute Gasteiger partial charge is 0.386 e. The number of benzene rings is 2. The van der Waals surface area contributed by atoms with Gasteiger partial charge in [-0.05, 0) is 31.5 Å². The van der Waals surface area contributed by atoms with Crippen LogP contribution in [0.4, 0.5) is 0 Å². The van der Waals surface area contributed by atoms with E-state index in [1.807, 2.05) is 68.4 Å². The molecule has 1 amide bonds. The first-order chi connectivity index (χ1) is 10.0. The second kappa shape index (κ2) is 6.55. The molecule has 0 saturated carbocycles. The van der Waals surface area contributed by atoms with Crippen LogP contribution in [0, 0.1) is 6.92 Å². The zero-order valence-electron chi connectivity index (χ0n) is 12.7. The number of carbonyl (C=O) groups is 1. The van der Waals surface area contributed by atoms with Gasteiger partial charge in [0.05, 0.1) is 12.1 Å². The molecule has 2 rings (SSSR count). The normalized spacial score (nSPS) is 13.5. The van der Waals surface area contributed by atoms with Crippen molar-refractivity contribution >= 4 is 5.91 Å². The van der Waals surface area contributed by atoms with Crippen molar-refractivity contribution in [1.29, 1.82) is 0 Å². The lowest BCUT2D eigenvalue weighted by molar-refractivity contribution is 0.0487. The summed E-state index contributed by atoms with van der Waals surface area (Å²) in [4.78, 5) is 14.0. The Bertz CT molecular complexity index is 592. The summed E-state index contributed by atoms with van der Waals surface area (Å²) in [7, 11) is 1.72. The van der Waals surface area contributed by atoms with Gasteiger partial charge in [-0.2, -0.15) is 0 Å². The first-order valence-corrected chi connectivity index (χ1v) is 7.07. The number of rotatable bonds is 4. The van der Waals surface area contributed by atoms with Gasteiger partial charge in [-0.3, -0.25) is 4.79 Å². The van der Waals surface area contributed by atoms with Crippen LogP contribution in [0.5, 0.6) is 0 Å². The lowest BCUT2D eigenvalue weighted by atomic mass is 10.0. The number of hydrogen-bond donors (Lipinski definition) is 1. The highest BCUT2D eigenvalue weighted by atomic mass is 16.3. The molecule has 3 heteroatoms. The van der Waals surface area contributed by atoms with Gasteiger partial charge in [0.25, 0.3) is 5.91 Å². The van der Waals surface area contributed by atoms with Gasteiger partial charge in [-0.1, -0.05) is 48.0 Å². The molecule has 0 spiro atoms. The Balaban J connectivity index is 2.13. The van der Waals surface area contributed by atoms with Crippen LogP contribution in [0.15, 0.2) is 54.6 Å². The van der Waals surface area contributed by atoms with Gasteiger partial charge in [-0.25, -0.2) is 0 Å². The number of aliphatic hydroxyl groups is 1. The van der Waals surface area contributed by atoms with Gasteiger partial charge < -0.3 is 10.0 Å². The van der Waals surface area contributed by atoms with E-state index >= 15 is 0 Å². The standard InChI is InChI=1S/C18H21NO2/c1-13-9-11-16(12-10-13)18(21)19(3)14(2)17(20)15-7-5-4-6-8-15/h4-12,14,17,20H,1-3H3/t14-,17-/m0/s1. The molecule has 1 N–H and O–H groups in total. The number of aryl methyl sites for hydroxylation is 1. The molecule has 2 aromatic carbocycles. The summed E-state index contributed by atoms with van der Waals surface area (Å²) >= 11 is 0. The van der Waals surface area contributed by atoms with E-state index in [1.54, 1.807) is 11.9 Å². The maximum atomic E-state index is 12.4. The molecule has 0 aliphatic carbocycles. The second-order valence-electron chi connectivity index (χ2n) is 5.38. The van der Waals surface area contributed by atoms with E-state index in [4.69, 9.17) is 0 Å². The SMILES string of the molecule is Cc1ccc(C(=O)N(C)[C@@H](C)[C@H](O)c2ccccc2)cc1. The molecular weight excluding hydrogens is 262 g/mol. The van der Waals surface area contributed by atoms with Gasteiger partial charge in [0.1, 0.15) is 0 Å². The van der Waals surface area contributed by atoms with Gasteiger partial charge in [0.2, 0.25) is 0 Å². The zero-order valence-corrected chi connectivity index (χ0v) is 12.7. The first-order valence-electron chi connectivity index (χ1n) is 7.07. The van der Waals surface area contributed by atoms with Crippen LogP contribution in [0.25, 0.3) is 0 Å². The molecule has 2 aromatic rings. The van der Waals surface area contributed by atoms with E-state index in [0.29, 0.717) is 5.56 Å². The summed E-state index contributed by atoms with van der Waals surface area (Å²) in [5, 5.41) is 10.4. The van der Waals surface area contributed by atoms with Crippen molar-refractivity contribution in [1.82, 2.24) is 4.90 Å². The predicted molar refractivity (Wildman–Crippen MR) is 84.1 cm³/mol. The molecule has 3 nitrogen and oxygen atoms in total. The molecule has 0 radical (unpaired) electrons. The highest BCUT2D eigenvalue weighted by molar-refractivity contribution is 5.94. The third kappa shape index (κ3) is 3.50. The Morgan fingerprint density at radius 3 is 2.19 bits per heavy atom. The molecule has 110 valence electrons. The monoisotopic (exact) mass is 283 g/mol. The fourth-order valence-electron chi connectivity index (χ4n) is 2.23. The molecule has 0 bridgehead atoms. The first kappa shape index (κ1) is 15.3. The van der Waals surface area contributed by atoms with Crippen molar-refractivity contribution in [2.45, 2.75) is 26.0 Å². The van der Waals surface area contributed by atoms with Crippen LogP contribution in [0.2, 0.25) is 0 Å². The molecule has 21 heavy (non-hydrogen) atoms. The van der Waals surface area contributed by atoms with E-state index in [1.165, 1.54) is 0 Å². The third-order valence-electron chi connectivity index (χ3n) is 3.83. The summed E-state index contributed by atoms with van der Waals surface area (Å²) in [5.74, 6) is -0.0857. The molecule has 2 atom stereocenters. The lowest BCUT2D eigenvalue weighted by Gasteiger charge is -2.29. The van der Waals surface area contributed by atoms with Gasteiger partial charge in [0, 0.05) is 12.6 Å². The highest BCUT2D eigenvalue weighted by Crippen LogP contribution is 2.21. The van der Waals surface area contributed by atoms with E-state index in [9.17, 15) is 9.90 Å². The molecule has 0 unspecified atom stereocenters. The summed E-state index contributed by atoms with van der Waals surface area (Å²) in [5.41, 5.74) is 2.57. The maximum Gasteiger partial charge on any atom is 0.253 e. The minimum Gasteiger partial charge on any atom is -0.386 e. The smallest absolute Gasteiger partial charge is 0.253 e. The van der Waals surface area contributed by atoms with Crippen molar-refractivity contribution in [2.24, 2.45) is 0 Å². The lowest BCUT2D eigenvalue weighted by Crippen LogP contribution is -2.39. The van der Waals surface area contributed by atoms with Gasteiger partial charge in [-0.15, -0.1) is 0 Å². The average molecular weight is 283 g/mol. The highest BCUT2D eigenvalue weighted by Gasteiger charge is 2.24. The Hall–Kier alpha value is -2.13. The van der Waals surface area contributed by atoms with Crippen LogP contribution < -0.4 is 0 Å². The number of carbonyl (C=O) groups excluding carboxylic acids is 1. The van der Waals surface area contributed by atoms with E-state index < -0.39 is 6.10 Å². The minimum absolute atomic E-state index is 0.0857. The number of likely N-dealkylation sites (N-methyl/N-ethyl adjacent to an activating group) is 1. The number of amides is 1. The Morgan fingerprint density at radius 2 is 1.62 bits per heavy atom. The van der Waals surface area contributed by atoms with Crippen LogP contribution >= 0.6 is 0 Å². The molecule has 0 heterocycles. The number of hydrogen-bond acceptors (Lipinski definition) is 2. The Kier molecular flexibility index (Phi) is 4.76. The van der Waals surface area contributed by atoms with Crippen LogP contribution in [0.1, 0.15) is 34.5 Å². The topological polar surface area (TPSA) is 40.5 Å². The van der Waals surface area contributed by atoms with E-state index in [2.05, 4.69) is 0 Å². The van der Waals surface area contributed by atoms with Crippen molar-refractivity contribution < 1.29 is 9.90 Å². The fourth-order valence-corrected chi connectivity index (χ4v) is 2.23. The fraction of sp³-hybridized carbons (Fsp3) is 0.278. The van der Waals surface area contributed by atoms with Gasteiger partial charge >= 0.3 is 0 Å². The number of nitrogens with zero attached hydrogens (tertiary/aromatic N) is 1. The summed E-state index contributed by atoms with van der Waals surface area (Å²) in [6.07, 6.45) is -0.703. The summed E-state index contributed by atoms with van der Waals surface area (Å²) in [6, 6.07) is 16.6. The van der Waals surface area contributed by atoms with E-state index in [-0.39, 0.29) is 11.9 Å². The molecule has 0 fully saturated rings. The number of aliphatic hydroxyl groups excluding tert-OH is 1. The molecule has 0 aromatic heterocycles. The van der Waals surface area contributed by atoms with Crippen molar-refractivity contribution in [3.05, 3.63) is 71.3 Å². The van der Waals surface area contributed by atoms with Crippen LogP contribution in [-0.2, 0) is 0 Å². The van der Waals surface area contributed by atoms with Crippen LogP contribution in [-0.4, -0.2) is 29.0 Å². The third-order valence-corrected chi connectivity index (χ3v) is 3.83. The van der Waals surface area contributed by atoms with E-state index in [0.717, 1.165) is 11.1 Å². The van der Waals surface area contributed by atoms with Crippen molar-refractivity contribution in [2.75, 3.05) is 7.05 Å². The second-order valence-corrected chi connectivity index (χ2v) is 5.38. The maximum absolute atomic E-state index is 12.4. The van der Waals surface area contributed by atoms with Crippen molar-refractivity contribution in [3.63, 3.8) is 0 Å². The minimum atomic E-state index is -0.703. The van der Waals surface area contributed by atoms with Crippen LogP contribution in [0.3, 0.4) is 0 Å². The summed E-state index contributed by atoms with van der Waals surface area (Å²) in [6.45, 7) is 3.84. The molecular formula is C18H21NO2. The molecule has 0 aliphatic heterocycles. The Morgan fingerprint density at radius 1 is 1.05 bits per heavy atom. The van der Waals surface area contributed by atoms with Gasteiger partial charge in [0.15, 0.2) is 0 Å². The molecule has 0 aliphatic rings. The average Bonchev–Trinajstić information content (AvgIpc) is 2.53. The quantitative estimate of drug-likeness (QED) is 0.936. The summed E-state index contributed by atoms with van der Waals surface area (Å²) < 4.78 is 0. The zero-order chi connectivity index (χ0) is 15.4. The van der Waals surface area contributed by atoms with Crippen molar-refractivity contribution in [3.8, 4) is 0 Å². The Labute approximate surface area is 125 Å².